The smallest absolute Gasteiger partial charge is 0.239 e. The Bertz CT molecular complexity index is 685. The van der Waals surface area contributed by atoms with E-state index in [4.69, 9.17) is 5.73 Å². The maximum Gasteiger partial charge on any atom is 0.239 e. The first-order chi connectivity index (χ1) is 11.0. The third kappa shape index (κ3) is 4.61. The van der Waals surface area contributed by atoms with Crippen molar-refractivity contribution in [3.05, 3.63) is 40.9 Å². The van der Waals surface area contributed by atoms with Crippen LogP contribution < -0.4 is 16.4 Å². The first-order valence-electron chi connectivity index (χ1n) is 7.30. The molecule has 2 aromatic rings. The molecule has 0 aliphatic rings. The van der Waals surface area contributed by atoms with Crippen LogP contribution in [0.25, 0.3) is 10.6 Å². The van der Waals surface area contributed by atoms with Crippen molar-refractivity contribution in [2.75, 3.05) is 13.1 Å². The molecule has 1 heterocycles. The fraction of sp³-hybridized carbons (Fsp3) is 0.312. The van der Waals surface area contributed by atoms with Crippen molar-refractivity contribution in [1.29, 1.82) is 0 Å². The lowest BCUT2D eigenvalue weighted by Crippen LogP contribution is -2.40. The third-order valence-corrected chi connectivity index (χ3v) is 4.64. The van der Waals surface area contributed by atoms with E-state index in [-0.39, 0.29) is 30.9 Å². The van der Waals surface area contributed by atoms with Crippen molar-refractivity contribution < 1.29 is 9.59 Å². The number of rotatable bonds is 6. The molecule has 0 fully saturated rings. The van der Waals surface area contributed by atoms with Gasteiger partial charge in [-0.3, -0.25) is 9.59 Å². The van der Waals surface area contributed by atoms with Crippen LogP contribution in [0.3, 0.4) is 0 Å². The maximum atomic E-state index is 11.9. The van der Waals surface area contributed by atoms with Gasteiger partial charge in [-0.15, -0.1) is 11.3 Å². The third-order valence-electron chi connectivity index (χ3n) is 3.26. The molecule has 0 bridgehead atoms. The van der Waals surface area contributed by atoms with E-state index < -0.39 is 0 Å². The van der Waals surface area contributed by atoms with E-state index in [9.17, 15) is 9.59 Å². The second-order valence-corrected chi connectivity index (χ2v) is 6.14. The second-order valence-electron chi connectivity index (χ2n) is 5.10. The molecule has 1 aromatic heterocycles. The molecule has 4 N–H and O–H groups in total. The fourth-order valence-electron chi connectivity index (χ4n) is 2.12. The van der Waals surface area contributed by atoms with Gasteiger partial charge < -0.3 is 16.4 Å². The average molecular weight is 332 g/mol. The number of hydrogen-bond donors (Lipinski definition) is 3. The molecule has 2 rings (SSSR count). The Hall–Kier alpha value is -2.25. The Morgan fingerprint density at radius 2 is 1.96 bits per heavy atom. The van der Waals surface area contributed by atoms with Crippen LogP contribution in [0.1, 0.15) is 23.5 Å². The van der Waals surface area contributed by atoms with Crippen LogP contribution in [0, 0.1) is 6.92 Å². The number of benzene rings is 1. The van der Waals surface area contributed by atoms with Gasteiger partial charge >= 0.3 is 0 Å². The zero-order valence-corrected chi connectivity index (χ0v) is 13.9. The maximum absolute atomic E-state index is 11.9. The van der Waals surface area contributed by atoms with Gasteiger partial charge in [0.2, 0.25) is 11.8 Å². The molecule has 0 radical (unpaired) electrons. The molecule has 2 amide bonds. The molecule has 0 saturated heterocycles. The van der Waals surface area contributed by atoms with Gasteiger partial charge in [0, 0.05) is 5.56 Å². The molecule has 0 spiro atoms. The largest absolute Gasteiger partial charge is 0.347 e. The number of hydrogen-bond acceptors (Lipinski definition) is 5. The van der Waals surface area contributed by atoms with E-state index >= 15 is 0 Å². The van der Waals surface area contributed by atoms with E-state index in [1.807, 2.05) is 44.2 Å². The average Bonchev–Trinajstić information content (AvgIpc) is 2.95. The minimum absolute atomic E-state index is 0.0796. The minimum atomic E-state index is -0.354. The summed E-state index contributed by atoms with van der Waals surface area (Å²) < 4.78 is 0. The Labute approximate surface area is 139 Å². The summed E-state index contributed by atoms with van der Waals surface area (Å²) in [6.07, 6.45) is 0. The summed E-state index contributed by atoms with van der Waals surface area (Å²) in [5, 5.41) is 6.23. The summed E-state index contributed by atoms with van der Waals surface area (Å²) in [4.78, 5) is 28.5. The lowest BCUT2D eigenvalue weighted by molar-refractivity contribution is -0.125. The number of nitrogens with two attached hydrogens (primary N) is 1. The summed E-state index contributed by atoms with van der Waals surface area (Å²) in [5.41, 5.74) is 7.13. The predicted molar refractivity (Wildman–Crippen MR) is 90.9 cm³/mol. The number of carbonyl (C=O) groups excluding carboxylic acids is 2. The Morgan fingerprint density at radius 1 is 1.26 bits per heavy atom. The molecular weight excluding hydrogens is 312 g/mol. The van der Waals surface area contributed by atoms with Gasteiger partial charge in [0.15, 0.2) is 0 Å². The number of aryl methyl sites for hydroxylation is 1. The summed E-state index contributed by atoms with van der Waals surface area (Å²) in [7, 11) is 0. The Balaban J connectivity index is 2.02. The fourth-order valence-corrected chi connectivity index (χ4v) is 3.20. The topological polar surface area (TPSA) is 97.1 Å². The van der Waals surface area contributed by atoms with Crippen molar-refractivity contribution >= 4 is 23.2 Å². The molecule has 1 atom stereocenters. The van der Waals surface area contributed by atoms with Crippen molar-refractivity contribution in [2.45, 2.75) is 19.9 Å². The van der Waals surface area contributed by atoms with Gasteiger partial charge in [0.1, 0.15) is 5.01 Å². The highest BCUT2D eigenvalue weighted by molar-refractivity contribution is 7.15. The Morgan fingerprint density at radius 3 is 2.61 bits per heavy atom. The van der Waals surface area contributed by atoms with Gasteiger partial charge in [-0.1, -0.05) is 30.3 Å². The molecule has 6 nitrogen and oxygen atoms in total. The van der Waals surface area contributed by atoms with Crippen LogP contribution in [0.4, 0.5) is 0 Å². The standard InChI is InChI=1S/C16H20N4O2S/c1-10(19-14(22)9-18-13(21)8-17)15-11(2)20-16(23-15)12-6-4-3-5-7-12/h3-7,10H,8-9,17H2,1-2H3,(H,18,21)(H,19,22). The molecule has 7 heteroatoms. The minimum Gasteiger partial charge on any atom is -0.347 e. The van der Waals surface area contributed by atoms with E-state index in [1.54, 1.807) is 11.3 Å². The molecule has 23 heavy (non-hydrogen) atoms. The van der Waals surface area contributed by atoms with Gasteiger partial charge in [-0.2, -0.15) is 0 Å². The van der Waals surface area contributed by atoms with Crippen LogP contribution in [0.5, 0.6) is 0 Å². The number of thiazole rings is 1. The molecule has 0 aliphatic heterocycles. The van der Waals surface area contributed by atoms with Gasteiger partial charge in [-0.25, -0.2) is 4.98 Å². The number of amides is 2. The van der Waals surface area contributed by atoms with Crippen LogP contribution in [0.2, 0.25) is 0 Å². The van der Waals surface area contributed by atoms with E-state index in [2.05, 4.69) is 15.6 Å². The molecule has 0 saturated carbocycles. The molecular formula is C16H20N4O2S. The molecule has 0 aliphatic carbocycles. The monoisotopic (exact) mass is 332 g/mol. The summed E-state index contributed by atoms with van der Waals surface area (Å²) in [5.74, 6) is -0.610. The predicted octanol–water partition coefficient (Wildman–Crippen LogP) is 1.37. The molecule has 1 aromatic carbocycles. The van der Waals surface area contributed by atoms with Crippen molar-refractivity contribution in [2.24, 2.45) is 5.73 Å². The zero-order chi connectivity index (χ0) is 16.8. The van der Waals surface area contributed by atoms with Crippen molar-refractivity contribution in [3.63, 3.8) is 0 Å². The summed E-state index contributed by atoms with van der Waals surface area (Å²) in [6, 6.07) is 9.74. The van der Waals surface area contributed by atoms with E-state index in [1.165, 1.54) is 0 Å². The zero-order valence-electron chi connectivity index (χ0n) is 13.1. The van der Waals surface area contributed by atoms with Gasteiger partial charge in [-0.05, 0) is 13.8 Å². The summed E-state index contributed by atoms with van der Waals surface area (Å²) >= 11 is 1.56. The highest BCUT2D eigenvalue weighted by Crippen LogP contribution is 2.31. The number of carbonyl (C=O) groups is 2. The lowest BCUT2D eigenvalue weighted by Gasteiger charge is -2.13. The second kappa shape index (κ2) is 7.85. The Kier molecular flexibility index (Phi) is 5.84. The van der Waals surface area contributed by atoms with Crippen molar-refractivity contribution in [1.82, 2.24) is 15.6 Å². The van der Waals surface area contributed by atoms with Crippen LogP contribution in [0.15, 0.2) is 30.3 Å². The first-order valence-corrected chi connectivity index (χ1v) is 8.11. The van der Waals surface area contributed by atoms with Crippen LogP contribution in [-0.4, -0.2) is 29.9 Å². The van der Waals surface area contributed by atoms with Crippen molar-refractivity contribution in [3.8, 4) is 10.6 Å². The van der Waals surface area contributed by atoms with Gasteiger partial charge in [0.25, 0.3) is 0 Å². The molecule has 122 valence electrons. The van der Waals surface area contributed by atoms with Gasteiger partial charge in [0.05, 0.1) is 29.7 Å². The van der Waals surface area contributed by atoms with Crippen LogP contribution in [-0.2, 0) is 9.59 Å². The summed E-state index contributed by atoms with van der Waals surface area (Å²) in [6.45, 7) is 3.62. The lowest BCUT2D eigenvalue weighted by atomic mass is 10.2. The highest BCUT2D eigenvalue weighted by atomic mass is 32.1. The number of aromatic nitrogens is 1. The first kappa shape index (κ1) is 17.1. The molecule has 1 unspecified atom stereocenters. The highest BCUT2D eigenvalue weighted by Gasteiger charge is 2.17. The normalized spacial score (nSPS) is 11.8. The quantitative estimate of drug-likeness (QED) is 0.744. The number of nitrogens with zero attached hydrogens (tertiary/aromatic N) is 1. The van der Waals surface area contributed by atoms with Crippen LogP contribution >= 0.6 is 11.3 Å². The van der Waals surface area contributed by atoms with E-state index in [0.29, 0.717) is 0 Å². The van der Waals surface area contributed by atoms with E-state index in [0.717, 1.165) is 21.1 Å². The number of nitrogens with one attached hydrogen (secondary N) is 2. The SMILES string of the molecule is Cc1nc(-c2ccccc2)sc1C(C)NC(=O)CNC(=O)CN.